The molecule has 3 aromatic heterocycles. The summed E-state index contributed by atoms with van der Waals surface area (Å²) in [7, 11) is 3.07. The molecule has 30 heavy (non-hydrogen) atoms. The number of hydrogen-bond acceptors (Lipinski definition) is 5. The van der Waals surface area contributed by atoms with Crippen LogP contribution in [0, 0.1) is 6.92 Å². The molecule has 0 aliphatic carbocycles. The summed E-state index contributed by atoms with van der Waals surface area (Å²) in [4.78, 5) is 42.4. The Hall–Kier alpha value is -3.33. The highest BCUT2D eigenvalue weighted by Crippen LogP contribution is 2.29. The average molecular weight is 430 g/mol. The molecule has 0 N–H and O–H groups in total. The molecule has 156 valence electrons. The summed E-state index contributed by atoms with van der Waals surface area (Å²) in [5, 5.41) is 0.433. The van der Waals surface area contributed by atoms with E-state index < -0.39 is 17.3 Å². The maximum absolute atomic E-state index is 13.2. The van der Waals surface area contributed by atoms with Crippen molar-refractivity contribution < 1.29 is 9.53 Å². The number of Topliss-reactive ketones (excluding diaryl/α,β-unsaturated/α-hetero) is 1. The molecule has 4 rings (SSSR count). The van der Waals surface area contributed by atoms with E-state index in [2.05, 4.69) is 4.98 Å². The number of nitrogens with zero attached hydrogens (tertiary/aromatic N) is 5. The van der Waals surface area contributed by atoms with Gasteiger partial charge in [-0.2, -0.15) is 4.98 Å². The molecule has 0 amide bonds. The van der Waals surface area contributed by atoms with Crippen LogP contribution in [0.1, 0.15) is 25.6 Å². The first-order valence-electron chi connectivity index (χ1n) is 9.23. The van der Waals surface area contributed by atoms with Crippen molar-refractivity contribution in [2.45, 2.75) is 26.8 Å². The molecule has 0 saturated heterocycles. The van der Waals surface area contributed by atoms with Crippen molar-refractivity contribution in [3.63, 3.8) is 0 Å². The van der Waals surface area contributed by atoms with Gasteiger partial charge in [0, 0.05) is 18.9 Å². The lowest BCUT2D eigenvalue weighted by Crippen LogP contribution is -2.42. The van der Waals surface area contributed by atoms with E-state index in [1.807, 2.05) is 17.6 Å². The fourth-order valence-corrected chi connectivity index (χ4v) is 3.87. The van der Waals surface area contributed by atoms with Crippen molar-refractivity contribution >= 4 is 34.3 Å². The van der Waals surface area contributed by atoms with E-state index in [0.29, 0.717) is 16.5 Å². The zero-order chi connectivity index (χ0) is 21.9. The first-order chi connectivity index (χ1) is 14.2. The third-order valence-electron chi connectivity index (χ3n) is 5.34. The lowest BCUT2D eigenvalue weighted by Gasteiger charge is -2.12. The molecule has 0 aliphatic heterocycles. The van der Waals surface area contributed by atoms with Crippen molar-refractivity contribution in [1.29, 1.82) is 0 Å². The number of ether oxygens (including phenoxy) is 1. The number of fused-ring (bicyclic) bond motifs is 3. The molecule has 1 aromatic carbocycles. The molecule has 9 nitrogen and oxygen atoms in total. The number of benzene rings is 1. The average Bonchev–Trinajstić information content (AvgIpc) is 3.20. The highest BCUT2D eigenvalue weighted by atomic mass is 35.5. The maximum atomic E-state index is 13.2. The Balaban J connectivity index is 2.10. The largest absolute Gasteiger partial charge is 0.495 e. The van der Waals surface area contributed by atoms with E-state index in [1.54, 1.807) is 22.7 Å². The van der Waals surface area contributed by atoms with Crippen molar-refractivity contribution in [3.05, 3.63) is 56.0 Å². The molecule has 4 aromatic rings. The predicted octanol–water partition coefficient (Wildman–Crippen LogP) is 2.26. The van der Waals surface area contributed by atoms with Gasteiger partial charge < -0.3 is 4.74 Å². The third kappa shape index (κ3) is 2.69. The highest BCUT2D eigenvalue weighted by molar-refractivity contribution is 6.32. The van der Waals surface area contributed by atoms with Crippen LogP contribution in [0.4, 0.5) is 0 Å². The summed E-state index contributed by atoms with van der Waals surface area (Å²) in [6.07, 6.45) is 1.76. The number of rotatable bonds is 4. The van der Waals surface area contributed by atoms with Crippen LogP contribution >= 0.6 is 11.6 Å². The maximum Gasteiger partial charge on any atom is 0.333 e. The molecule has 0 radical (unpaired) electrons. The molecule has 10 heteroatoms. The first kappa shape index (κ1) is 20.0. The van der Waals surface area contributed by atoms with Gasteiger partial charge >= 0.3 is 5.69 Å². The molecule has 0 spiro atoms. The van der Waals surface area contributed by atoms with Gasteiger partial charge in [0.15, 0.2) is 16.9 Å². The van der Waals surface area contributed by atoms with E-state index in [1.165, 1.54) is 32.6 Å². The fourth-order valence-electron chi connectivity index (χ4n) is 3.61. The number of carbonyl (C=O) groups is 1. The minimum absolute atomic E-state index is 0.224. The van der Waals surface area contributed by atoms with Gasteiger partial charge in [-0.15, -0.1) is 0 Å². The lowest BCUT2D eigenvalue weighted by atomic mass is 10.2. The Morgan fingerprint density at radius 2 is 1.97 bits per heavy atom. The lowest BCUT2D eigenvalue weighted by molar-refractivity contribution is -0.119. The Labute approximate surface area is 175 Å². The van der Waals surface area contributed by atoms with Gasteiger partial charge in [-0.05, 0) is 39.0 Å². The summed E-state index contributed by atoms with van der Waals surface area (Å²) in [5.74, 6) is 0.707. The van der Waals surface area contributed by atoms with Gasteiger partial charge in [0.2, 0.25) is 5.78 Å². The molecule has 0 fully saturated rings. The Morgan fingerprint density at radius 1 is 1.27 bits per heavy atom. The quantitative estimate of drug-likeness (QED) is 0.496. The summed E-state index contributed by atoms with van der Waals surface area (Å²) >= 11 is 6.29. The van der Waals surface area contributed by atoms with Crippen LogP contribution in [-0.2, 0) is 11.8 Å². The van der Waals surface area contributed by atoms with Crippen LogP contribution in [0.5, 0.6) is 5.75 Å². The van der Waals surface area contributed by atoms with Crippen LogP contribution < -0.4 is 16.0 Å². The van der Waals surface area contributed by atoms with Crippen LogP contribution in [0.2, 0.25) is 5.02 Å². The van der Waals surface area contributed by atoms with Gasteiger partial charge in [-0.1, -0.05) is 11.6 Å². The van der Waals surface area contributed by atoms with E-state index in [0.717, 1.165) is 15.9 Å². The summed E-state index contributed by atoms with van der Waals surface area (Å²) in [6.45, 7) is 4.75. The zero-order valence-corrected chi connectivity index (χ0v) is 17.9. The number of aromatic nitrogens is 5. The number of methoxy groups -OCH3 is 1. The molecule has 0 aliphatic rings. The van der Waals surface area contributed by atoms with Crippen molar-refractivity contribution in [1.82, 2.24) is 23.1 Å². The first-order valence-corrected chi connectivity index (χ1v) is 9.61. The number of carbonyl (C=O) groups excluding carboxylic acids is 1. The second-order valence-electron chi connectivity index (χ2n) is 7.18. The van der Waals surface area contributed by atoms with Crippen LogP contribution in [-0.4, -0.2) is 36.0 Å². The molecular weight excluding hydrogens is 410 g/mol. The standard InChI is InChI=1S/C20H20ClN5O4/c1-10-9-24-16-17(23(4)20(29)26(18(16)28)11(2)12(3)27)22-19(24)25(10)13-6-7-15(30-5)14(21)8-13/h6-9,11H,1-5H3/t11-/m0/s1. The number of imidazole rings is 2. The van der Waals surface area contributed by atoms with Gasteiger partial charge in [0.1, 0.15) is 5.75 Å². The second-order valence-corrected chi connectivity index (χ2v) is 7.59. The SMILES string of the molecule is COc1ccc(-n2c(C)cn3c4c(=O)n([C@@H](C)C(C)=O)c(=O)n(C)c4nc23)cc1Cl. The van der Waals surface area contributed by atoms with E-state index in [9.17, 15) is 14.4 Å². The number of hydrogen-bond donors (Lipinski definition) is 0. The number of aryl methyl sites for hydroxylation is 2. The minimum Gasteiger partial charge on any atom is -0.495 e. The predicted molar refractivity (Wildman–Crippen MR) is 113 cm³/mol. The van der Waals surface area contributed by atoms with Crippen LogP contribution in [0.25, 0.3) is 22.6 Å². The Bertz CT molecular complexity index is 1460. The molecule has 3 heterocycles. The summed E-state index contributed by atoms with van der Waals surface area (Å²) < 4.78 is 10.9. The smallest absolute Gasteiger partial charge is 0.333 e. The minimum atomic E-state index is -0.880. The monoisotopic (exact) mass is 429 g/mol. The summed E-state index contributed by atoms with van der Waals surface area (Å²) in [5.41, 5.74) is 0.841. The van der Waals surface area contributed by atoms with Gasteiger partial charge in [0.05, 0.1) is 23.9 Å². The van der Waals surface area contributed by atoms with Crippen LogP contribution in [0.3, 0.4) is 0 Å². The number of halogens is 1. The molecule has 0 saturated carbocycles. The highest BCUT2D eigenvalue weighted by Gasteiger charge is 2.24. The van der Waals surface area contributed by atoms with Crippen LogP contribution in [0.15, 0.2) is 34.0 Å². The topological polar surface area (TPSA) is 92.5 Å². The van der Waals surface area contributed by atoms with Crippen molar-refractivity contribution in [2.24, 2.45) is 7.05 Å². The van der Waals surface area contributed by atoms with Gasteiger partial charge in [0.25, 0.3) is 5.56 Å². The van der Waals surface area contributed by atoms with Crippen molar-refractivity contribution in [3.8, 4) is 11.4 Å². The normalized spacial score (nSPS) is 12.6. The third-order valence-corrected chi connectivity index (χ3v) is 5.64. The van der Waals surface area contributed by atoms with Gasteiger partial charge in [-0.25, -0.2) is 9.36 Å². The molecule has 1 atom stereocenters. The van der Waals surface area contributed by atoms with E-state index in [-0.39, 0.29) is 16.9 Å². The Kier molecular flexibility index (Phi) is 4.58. The van der Waals surface area contributed by atoms with E-state index >= 15 is 0 Å². The second kappa shape index (κ2) is 6.88. The molecular formula is C20H20ClN5O4. The molecule has 0 bridgehead atoms. The summed E-state index contributed by atoms with van der Waals surface area (Å²) in [6, 6.07) is 4.43. The van der Waals surface area contributed by atoms with E-state index in [4.69, 9.17) is 16.3 Å². The molecule has 0 unspecified atom stereocenters. The fraction of sp³-hybridized carbons (Fsp3) is 0.300. The zero-order valence-electron chi connectivity index (χ0n) is 17.1. The Morgan fingerprint density at radius 3 is 2.57 bits per heavy atom. The van der Waals surface area contributed by atoms with Gasteiger partial charge in [-0.3, -0.25) is 23.1 Å². The number of ketones is 1. The van der Waals surface area contributed by atoms with Crippen molar-refractivity contribution in [2.75, 3.05) is 7.11 Å².